The van der Waals surface area contributed by atoms with Crippen molar-refractivity contribution in [1.82, 2.24) is 20.1 Å². The smallest absolute Gasteiger partial charge is 0.244 e. The molecule has 29 heavy (non-hydrogen) atoms. The van der Waals surface area contributed by atoms with Crippen molar-refractivity contribution in [2.24, 2.45) is 0 Å². The van der Waals surface area contributed by atoms with Crippen molar-refractivity contribution in [1.29, 1.82) is 0 Å². The molecular formula is C23H20N4O2. The quantitative estimate of drug-likeness (QED) is 0.490. The van der Waals surface area contributed by atoms with E-state index < -0.39 is 0 Å². The Hall–Kier alpha value is -3.93. The molecule has 0 saturated heterocycles. The molecule has 3 aromatic heterocycles. The first-order valence-electron chi connectivity index (χ1n) is 9.28. The highest BCUT2D eigenvalue weighted by Gasteiger charge is 2.10. The lowest BCUT2D eigenvalue weighted by Crippen LogP contribution is -2.19. The number of nitrogens with one attached hydrogen (secondary N) is 1. The number of pyridine rings is 1. The predicted molar refractivity (Wildman–Crippen MR) is 111 cm³/mol. The fourth-order valence-corrected chi connectivity index (χ4v) is 2.95. The molecule has 0 atom stereocenters. The Bertz CT molecular complexity index is 1080. The maximum Gasteiger partial charge on any atom is 0.244 e. The van der Waals surface area contributed by atoms with Gasteiger partial charge in [0.1, 0.15) is 11.5 Å². The number of aromatic nitrogens is 3. The number of rotatable bonds is 7. The van der Waals surface area contributed by atoms with Crippen LogP contribution in [0.25, 0.3) is 17.3 Å². The van der Waals surface area contributed by atoms with E-state index in [-0.39, 0.29) is 5.91 Å². The van der Waals surface area contributed by atoms with Crippen LogP contribution >= 0.6 is 0 Å². The van der Waals surface area contributed by atoms with Crippen molar-refractivity contribution in [3.8, 4) is 11.3 Å². The van der Waals surface area contributed by atoms with Gasteiger partial charge in [-0.1, -0.05) is 30.3 Å². The summed E-state index contributed by atoms with van der Waals surface area (Å²) in [6, 6.07) is 17.5. The Kier molecular flexibility index (Phi) is 5.62. The largest absolute Gasteiger partial charge is 0.467 e. The number of amides is 1. The van der Waals surface area contributed by atoms with E-state index in [9.17, 15) is 4.79 Å². The van der Waals surface area contributed by atoms with Crippen molar-refractivity contribution < 1.29 is 9.21 Å². The molecule has 0 aliphatic rings. The molecule has 1 aromatic carbocycles. The number of furan rings is 1. The van der Waals surface area contributed by atoms with Gasteiger partial charge in [-0.25, -0.2) is 0 Å². The Morgan fingerprint density at radius 2 is 2.00 bits per heavy atom. The highest BCUT2D eigenvalue weighted by molar-refractivity contribution is 5.92. The van der Waals surface area contributed by atoms with Crippen LogP contribution in [0.3, 0.4) is 0 Å². The van der Waals surface area contributed by atoms with Gasteiger partial charge in [-0.3, -0.25) is 14.5 Å². The van der Waals surface area contributed by atoms with Crippen molar-refractivity contribution in [3.05, 3.63) is 102 Å². The van der Waals surface area contributed by atoms with E-state index in [0.717, 1.165) is 22.4 Å². The second-order valence-electron chi connectivity index (χ2n) is 6.49. The summed E-state index contributed by atoms with van der Waals surface area (Å²) in [6.07, 6.45) is 10.3. The van der Waals surface area contributed by atoms with E-state index in [1.54, 1.807) is 30.8 Å². The van der Waals surface area contributed by atoms with Gasteiger partial charge in [0.05, 0.1) is 19.4 Å². The van der Waals surface area contributed by atoms with Crippen molar-refractivity contribution in [2.45, 2.75) is 13.1 Å². The van der Waals surface area contributed by atoms with Crippen LogP contribution in [-0.2, 0) is 17.9 Å². The first-order chi connectivity index (χ1) is 14.3. The molecule has 0 spiro atoms. The number of nitrogens with zero attached hydrogens (tertiary/aromatic N) is 3. The summed E-state index contributed by atoms with van der Waals surface area (Å²) in [5.74, 6) is 0.507. The van der Waals surface area contributed by atoms with Crippen LogP contribution in [0.2, 0.25) is 0 Å². The SMILES string of the molecule is O=C(/C=C/c1cn(Cc2ccccc2)nc1-c1cccnc1)NCc1ccco1. The predicted octanol–water partition coefficient (Wildman–Crippen LogP) is 3.92. The second-order valence-corrected chi connectivity index (χ2v) is 6.49. The summed E-state index contributed by atoms with van der Waals surface area (Å²) in [4.78, 5) is 16.4. The second kappa shape index (κ2) is 8.84. The standard InChI is InChI=1S/C23H20N4O2/c28-22(25-15-21-9-5-13-29-21)11-10-20-17-27(16-18-6-2-1-3-7-18)26-23(20)19-8-4-12-24-14-19/h1-14,17H,15-16H2,(H,25,28)/b11-10+. The molecule has 0 radical (unpaired) electrons. The van der Waals surface area contributed by atoms with Gasteiger partial charge in [0.25, 0.3) is 0 Å². The molecule has 6 nitrogen and oxygen atoms in total. The number of carbonyl (C=O) groups is 1. The summed E-state index contributed by atoms with van der Waals surface area (Å²) in [7, 11) is 0. The fourth-order valence-electron chi connectivity index (χ4n) is 2.95. The summed E-state index contributed by atoms with van der Waals surface area (Å²) >= 11 is 0. The number of hydrogen-bond acceptors (Lipinski definition) is 4. The van der Waals surface area contributed by atoms with Crippen molar-refractivity contribution in [2.75, 3.05) is 0 Å². The zero-order valence-corrected chi connectivity index (χ0v) is 15.7. The van der Waals surface area contributed by atoms with Gasteiger partial charge in [-0.2, -0.15) is 5.10 Å². The summed E-state index contributed by atoms with van der Waals surface area (Å²) in [6.45, 7) is 0.992. The zero-order chi connectivity index (χ0) is 19.9. The lowest BCUT2D eigenvalue weighted by atomic mass is 10.1. The molecule has 3 heterocycles. The molecule has 144 valence electrons. The van der Waals surface area contributed by atoms with E-state index in [1.165, 1.54) is 6.08 Å². The maximum absolute atomic E-state index is 12.2. The Morgan fingerprint density at radius 1 is 1.10 bits per heavy atom. The lowest BCUT2D eigenvalue weighted by molar-refractivity contribution is -0.116. The van der Waals surface area contributed by atoms with Gasteiger partial charge in [0, 0.05) is 35.8 Å². The van der Waals surface area contributed by atoms with E-state index in [1.807, 2.05) is 47.3 Å². The number of hydrogen-bond donors (Lipinski definition) is 1. The topological polar surface area (TPSA) is 73.0 Å². The lowest BCUT2D eigenvalue weighted by Gasteiger charge is -2.01. The molecule has 1 N–H and O–H groups in total. The molecule has 0 bridgehead atoms. The van der Waals surface area contributed by atoms with E-state index in [4.69, 9.17) is 9.52 Å². The molecule has 0 aliphatic carbocycles. The van der Waals surface area contributed by atoms with Crippen LogP contribution in [0, 0.1) is 0 Å². The van der Waals surface area contributed by atoms with Gasteiger partial charge in [0.2, 0.25) is 5.91 Å². The monoisotopic (exact) mass is 384 g/mol. The minimum absolute atomic E-state index is 0.200. The third kappa shape index (κ3) is 4.87. The van der Waals surface area contributed by atoms with Crippen LogP contribution in [0.1, 0.15) is 16.9 Å². The molecule has 0 aliphatic heterocycles. The third-order valence-corrected chi connectivity index (χ3v) is 4.34. The minimum atomic E-state index is -0.200. The normalized spacial score (nSPS) is 11.0. The van der Waals surface area contributed by atoms with Crippen molar-refractivity contribution in [3.63, 3.8) is 0 Å². The van der Waals surface area contributed by atoms with Gasteiger partial charge in [0.15, 0.2) is 0 Å². The highest BCUT2D eigenvalue weighted by Crippen LogP contribution is 2.23. The van der Waals surface area contributed by atoms with E-state index >= 15 is 0 Å². The fraction of sp³-hybridized carbons (Fsp3) is 0.0870. The van der Waals surface area contributed by atoms with Crippen LogP contribution in [0.15, 0.2) is 89.9 Å². The molecule has 0 saturated carbocycles. The molecular weight excluding hydrogens is 364 g/mol. The number of carbonyl (C=O) groups excluding carboxylic acids is 1. The summed E-state index contributed by atoms with van der Waals surface area (Å²) in [5, 5.41) is 7.52. The Labute approximate surface area is 168 Å². The highest BCUT2D eigenvalue weighted by atomic mass is 16.3. The average Bonchev–Trinajstić information content (AvgIpc) is 3.42. The maximum atomic E-state index is 12.2. The molecule has 1 amide bonds. The molecule has 4 rings (SSSR count). The van der Waals surface area contributed by atoms with Gasteiger partial charge in [-0.05, 0) is 35.9 Å². The van der Waals surface area contributed by atoms with Crippen LogP contribution in [0.5, 0.6) is 0 Å². The average molecular weight is 384 g/mol. The Balaban J connectivity index is 1.54. The van der Waals surface area contributed by atoms with E-state index in [2.05, 4.69) is 22.4 Å². The van der Waals surface area contributed by atoms with Crippen LogP contribution in [0.4, 0.5) is 0 Å². The molecule has 0 unspecified atom stereocenters. The molecule has 6 heteroatoms. The molecule has 0 fully saturated rings. The zero-order valence-electron chi connectivity index (χ0n) is 15.7. The third-order valence-electron chi connectivity index (χ3n) is 4.34. The van der Waals surface area contributed by atoms with Crippen LogP contribution < -0.4 is 5.32 Å². The first kappa shape index (κ1) is 18.4. The van der Waals surface area contributed by atoms with Crippen LogP contribution in [-0.4, -0.2) is 20.7 Å². The van der Waals surface area contributed by atoms with Gasteiger partial charge in [-0.15, -0.1) is 0 Å². The Morgan fingerprint density at radius 3 is 2.76 bits per heavy atom. The summed E-state index contributed by atoms with van der Waals surface area (Å²) < 4.78 is 7.10. The minimum Gasteiger partial charge on any atom is -0.467 e. The van der Waals surface area contributed by atoms with Gasteiger partial charge < -0.3 is 9.73 Å². The van der Waals surface area contributed by atoms with Crippen molar-refractivity contribution >= 4 is 12.0 Å². The molecule has 4 aromatic rings. The number of benzene rings is 1. The van der Waals surface area contributed by atoms with E-state index in [0.29, 0.717) is 18.8 Å². The first-order valence-corrected chi connectivity index (χ1v) is 9.28. The van der Waals surface area contributed by atoms with Gasteiger partial charge >= 0.3 is 0 Å². The summed E-state index contributed by atoms with van der Waals surface area (Å²) in [5.41, 5.74) is 3.68.